The molecule has 0 unspecified atom stereocenters. The molecule has 0 N–H and O–H groups in total. The van der Waals surface area contributed by atoms with E-state index in [9.17, 15) is 0 Å². The average molecular weight is 342 g/mol. The summed E-state index contributed by atoms with van der Waals surface area (Å²) in [6, 6.07) is 31.3. The Balaban J connectivity index is 2.05. The van der Waals surface area contributed by atoms with E-state index in [1.54, 1.807) is 11.8 Å². The van der Waals surface area contributed by atoms with Crippen molar-refractivity contribution in [1.29, 1.82) is 0 Å². The van der Waals surface area contributed by atoms with Crippen LogP contribution in [0, 0.1) is 0 Å². The van der Waals surface area contributed by atoms with Crippen molar-refractivity contribution in [2.45, 2.75) is 5.03 Å². The summed E-state index contributed by atoms with van der Waals surface area (Å²) in [6.07, 6.45) is 2.08. The molecule has 25 heavy (non-hydrogen) atoms. The minimum Gasteiger partial charge on any atom is -0.231 e. The van der Waals surface area contributed by atoms with E-state index in [2.05, 4.69) is 71.6 Å². The Hall–Kier alpha value is -2.78. The lowest BCUT2D eigenvalue weighted by molar-refractivity contribution is 0.844. The van der Waals surface area contributed by atoms with Gasteiger partial charge in [0.2, 0.25) is 0 Å². The summed E-state index contributed by atoms with van der Waals surface area (Å²) >= 11 is 1.68. The minimum atomic E-state index is 1.04. The summed E-state index contributed by atoms with van der Waals surface area (Å²) in [5, 5.41) is 5.97. The van der Waals surface area contributed by atoms with E-state index in [1.165, 1.54) is 11.1 Å². The van der Waals surface area contributed by atoms with Gasteiger partial charge < -0.3 is 0 Å². The van der Waals surface area contributed by atoms with Gasteiger partial charge in [-0.15, -0.1) is 11.8 Å². The lowest BCUT2D eigenvalue weighted by Gasteiger charge is -2.10. The maximum Gasteiger partial charge on any atom is 0.127 e. The van der Waals surface area contributed by atoms with Gasteiger partial charge in [0.1, 0.15) is 5.03 Å². The van der Waals surface area contributed by atoms with Gasteiger partial charge in [-0.1, -0.05) is 78.9 Å². The predicted octanol–water partition coefficient (Wildman–Crippen LogP) is 5.93. The van der Waals surface area contributed by atoms with Gasteiger partial charge in [0, 0.05) is 11.1 Å². The van der Waals surface area contributed by atoms with E-state index < -0.39 is 0 Å². The zero-order valence-corrected chi connectivity index (χ0v) is 14.8. The topological polar surface area (TPSA) is 17.8 Å². The number of hydrogen-bond acceptors (Lipinski definition) is 2. The molecule has 0 saturated heterocycles. The Morgan fingerprint density at radius 3 is 1.76 bits per heavy atom. The Labute approximate surface area is 152 Å². The molecular formula is C22H18N2S. The molecular weight excluding hydrogens is 324 g/mol. The van der Waals surface area contributed by atoms with Crippen molar-refractivity contribution in [2.75, 3.05) is 6.26 Å². The zero-order chi connectivity index (χ0) is 17.1. The van der Waals surface area contributed by atoms with Crippen molar-refractivity contribution in [3.05, 3.63) is 91.0 Å². The number of hydrogen-bond donors (Lipinski definition) is 0. The monoisotopic (exact) mass is 342 g/mol. The van der Waals surface area contributed by atoms with Crippen LogP contribution in [0.25, 0.3) is 28.1 Å². The van der Waals surface area contributed by atoms with Crippen molar-refractivity contribution >= 4 is 11.8 Å². The van der Waals surface area contributed by atoms with Crippen molar-refractivity contribution in [1.82, 2.24) is 9.78 Å². The number of benzene rings is 3. The minimum absolute atomic E-state index is 1.04. The highest BCUT2D eigenvalue weighted by Gasteiger charge is 2.21. The number of rotatable bonds is 4. The van der Waals surface area contributed by atoms with Crippen LogP contribution in [0.5, 0.6) is 0 Å². The lowest BCUT2D eigenvalue weighted by Crippen LogP contribution is -1.99. The van der Waals surface area contributed by atoms with Crippen molar-refractivity contribution in [3.63, 3.8) is 0 Å². The Bertz CT molecular complexity index is 961. The second-order valence-electron chi connectivity index (χ2n) is 5.71. The molecule has 0 aliphatic carbocycles. The summed E-state index contributed by atoms with van der Waals surface area (Å²) in [5.74, 6) is 0. The maximum absolute atomic E-state index is 4.93. The summed E-state index contributed by atoms with van der Waals surface area (Å²) in [4.78, 5) is 0. The van der Waals surface area contributed by atoms with E-state index in [0.717, 1.165) is 22.0 Å². The molecule has 0 radical (unpaired) electrons. The third-order valence-electron chi connectivity index (χ3n) is 4.16. The third kappa shape index (κ3) is 2.99. The highest BCUT2D eigenvalue weighted by atomic mass is 32.2. The molecule has 3 heteroatoms. The molecule has 122 valence electrons. The van der Waals surface area contributed by atoms with Crippen molar-refractivity contribution in [3.8, 4) is 28.1 Å². The van der Waals surface area contributed by atoms with Gasteiger partial charge >= 0.3 is 0 Å². The second kappa shape index (κ2) is 6.99. The molecule has 0 aliphatic rings. The fourth-order valence-corrected chi connectivity index (χ4v) is 3.61. The van der Waals surface area contributed by atoms with Gasteiger partial charge in [-0.3, -0.25) is 0 Å². The van der Waals surface area contributed by atoms with Crippen LogP contribution in [-0.2, 0) is 0 Å². The molecule has 4 aromatic rings. The molecule has 0 saturated carbocycles. The molecule has 0 amide bonds. The molecule has 0 spiro atoms. The van der Waals surface area contributed by atoms with Crippen LogP contribution in [-0.4, -0.2) is 16.0 Å². The van der Waals surface area contributed by atoms with Crippen LogP contribution in [0.3, 0.4) is 0 Å². The third-order valence-corrected chi connectivity index (χ3v) is 4.83. The van der Waals surface area contributed by atoms with Crippen LogP contribution in [0.1, 0.15) is 0 Å². The van der Waals surface area contributed by atoms with E-state index in [-0.39, 0.29) is 0 Å². The van der Waals surface area contributed by atoms with Crippen LogP contribution in [0.2, 0.25) is 0 Å². The number of aromatic nitrogens is 2. The average Bonchev–Trinajstić information content (AvgIpc) is 3.10. The van der Waals surface area contributed by atoms with Crippen LogP contribution in [0.15, 0.2) is 96.0 Å². The number of thioether (sulfide) groups is 1. The van der Waals surface area contributed by atoms with Crippen LogP contribution < -0.4 is 0 Å². The molecule has 4 rings (SSSR count). The quantitative estimate of drug-likeness (QED) is 0.428. The first kappa shape index (κ1) is 15.7. The fourth-order valence-electron chi connectivity index (χ4n) is 3.02. The van der Waals surface area contributed by atoms with Crippen LogP contribution >= 0.6 is 11.8 Å². The summed E-state index contributed by atoms with van der Waals surface area (Å²) in [5.41, 5.74) is 5.73. The maximum atomic E-state index is 4.93. The van der Waals surface area contributed by atoms with Gasteiger partial charge in [-0.05, 0) is 24.0 Å². The highest BCUT2D eigenvalue weighted by Crippen LogP contribution is 2.40. The van der Waals surface area contributed by atoms with E-state index in [4.69, 9.17) is 5.10 Å². The van der Waals surface area contributed by atoms with Crippen molar-refractivity contribution < 1.29 is 0 Å². The molecule has 0 fully saturated rings. The molecule has 3 aromatic carbocycles. The van der Waals surface area contributed by atoms with E-state index in [1.807, 2.05) is 30.3 Å². The fraction of sp³-hybridized carbons (Fsp3) is 0.0455. The largest absolute Gasteiger partial charge is 0.231 e. The molecule has 0 bridgehead atoms. The van der Waals surface area contributed by atoms with E-state index in [0.29, 0.717) is 0 Å². The van der Waals surface area contributed by atoms with E-state index >= 15 is 0 Å². The zero-order valence-electron chi connectivity index (χ0n) is 14.0. The summed E-state index contributed by atoms with van der Waals surface area (Å²) in [7, 11) is 0. The van der Waals surface area contributed by atoms with Gasteiger partial charge in [0.15, 0.2) is 0 Å². The SMILES string of the molecule is CSc1nn(-c2ccccc2)c(-c2ccccc2)c1-c1ccccc1. The van der Waals surface area contributed by atoms with Gasteiger partial charge in [0.25, 0.3) is 0 Å². The lowest BCUT2D eigenvalue weighted by atomic mass is 10.0. The van der Waals surface area contributed by atoms with Crippen LogP contribution in [0.4, 0.5) is 0 Å². The predicted molar refractivity (Wildman–Crippen MR) is 106 cm³/mol. The molecule has 0 aliphatic heterocycles. The molecule has 0 atom stereocenters. The first-order valence-electron chi connectivity index (χ1n) is 8.22. The van der Waals surface area contributed by atoms with Crippen molar-refractivity contribution in [2.24, 2.45) is 0 Å². The summed E-state index contributed by atoms with van der Waals surface area (Å²) < 4.78 is 2.06. The summed E-state index contributed by atoms with van der Waals surface area (Å²) in [6.45, 7) is 0. The Kier molecular flexibility index (Phi) is 4.40. The Morgan fingerprint density at radius 2 is 1.20 bits per heavy atom. The molecule has 2 nitrogen and oxygen atoms in total. The Morgan fingerprint density at radius 1 is 0.680 bits per heavy atom. The second-order valence-corrected chi connectivity index (χ2v) is 6.51. The normalized spacial score (nSPS) is 10.8. The van der Waals surface area contributed by atoms with Gasteiger partial charge in [-0.25, -0.2) is 4.68 Å². The molecule has 1 heterocycles. The molecule has 1 aromatic heterocycles. The van der Waals surface area contributed by atoms with Gasteiger partial charge in [-0.2, -0.15) is 5.10 Å². The number of para-hydroxylation sites is 1. The smallest absolute Gasteiger partial charge is 0.127 e. The highest BCUT2D eigenvalue weighted by molar-refractivity contribution is 7.98. The first-order chi connectivity index (χ1) is 12.4. The number of nitrogens with zero attached hydrogens (tertiary/aromatic N) is 2. The standard InChI is InChI=1S/C22H18N2S/c1-25-22-20(17-11-5-2-6-12-17)21(18-13-7-3-8-14-18)24(23-22)19-15-9-4-10-16-19/h2-16H,1H3. The first-order valence-corrected chi connectivity index (χ1v) is 9.44. The van der Waals surface area contributed by atoms with Gasteiger partial charge in [0.05, 0.1) is 11.4 Å².